The molecule has 0 bridgehead atoms. The number of esters is 1. The molecule has 78 valence electrons. The third-order valence-corrected chi connectivity index (χ3v) is 0.930. The third kappa shape index (κ3) is 14.0. The van der Waals surface area contributed by atoms with Crippen molar-refractivity contribution in [1.82, 2.24) is 5.32 Å². The Morgan fingerprint density at radius 1 is 1.54 bits per heavy atom. The number of rotatable bonds is 4. The van der Waals surface area contributed by atoms with Gasteiger partial charge in [-0.2, -0.15) is 0 Å². The van der Waals surface area contributed by atoms with Crippen LogP contribution in [0.2, 0.25) is 0 Å². The van der Waals surface area contributed by atoms with Crippen LogP contribution in [0, 0.1) is 0 Å². The van der Waals surface area contributed by atoms with E-state index in [1.54, 1.807) is 6.92 Å². The van der Waals surface area contributed by atoms with E-state index in [0.717, 1.165) is 0 Å². The molecule has 0 unspecified atom stereocenters. The topological polar surface area (TPSA) is 64.3 Å². The van der Waals surface area contributed by atoms with Crippen molar-refractivity contribution in [3.05, 3.63) is 12.2 Å². The fourth-order valence-electron chi connectivity index (χ4n) is 0.371. The normalized spacial score (nSPS) is 8.31. The van der Waals surface area contributed by atoms with E-state index in [-0.39, 0.29) is 5.97 Å². The largest absolute Gasteiger partial charge is 0.462 e. The molecule has 0 spiro atoms. The van der Waals surface area contributed by atoms with Crippen LogP contribution >= 0.6 is 0 Å². The van der Waals surface area contributed by atoms with Gasteiger partial charge in [-0.3, -0.25) is 0 Å². The highest BCUT2D eigenvalue weighted by Gasteiger charge is 2.00. The minimum atomic E-state index is -0.339. The lowest BCUT2D eigenvalue weighted by Gasteiger charge is -2.01. The van der Waals surface area contributed by atoms with Gasteiger partial charge in [0.05, 0.1) is 6.61 Å². The van der Waals surface area contributed by atoms with E-state index in [0.29, 0.717) is 25.1 Å². The monoisotopic (exact) mass is 188 g/mol. The molecule has 0 aliphatic rings. The van der Waals surface area contributed by atoms with Gasteiger partial charge in [0, 0.05) is 5.57 Å². The highest BCUT2D eigenvalue weighted by Crippen LogP contribution is 1.91. The average Bonchev–Trinajstić information content (AvgIpc) is 2.06. The fourth-order valence-corrected chi connectivity index (χ4v) is 0.371. The predicted molar refractivity (Wildman–Crippen MR) is 54.4 cm³/mol. The Kier molecular flexibility index (Phi) is 12.5. The summed E-state index contributed by atoms with van der Waals surface area (Å²) < 4.78 is 4.73. The molecule has 0 aromatic heterocycles. The molecule has 0 rings (SSSR count). The van der Waals surface area contributed by atoms with Crippen molar-refractivity contribution in [2.75, 3.05) is 27.2 Å². The molecule has 0 aliphatic carbocycles. The number of carbonyl (C=O) groups is 1. The zero-order valence-corrected chi connectivity index (χ0v) is 8.72. The Morgan fingerprint density at radius 3 is 2.31 bits per heavy atom. The Morgan fingerprint density at radius 2 is 2.00 bits per heavy atom. The van der Waals surface area contributed by atoms with Crippen LogP contribution in [0.3, 0.4) is 0 Å². The Hall–Kier alpha value is -0.870. The molecule has 4 heteroatoms. The molecule has 0 fully saturated rings. The van der Waals surface area contributed by atoms with Crippen molar-refractivity contribution in [3.63, 3.8) is 0 Å². The van der Waals surface area contributed by atoms with Gasteiger partial charge in [-0.15, -0.1) is 0 Å². The minimum absolute atomic E-state index is 0.339. The molecule has 0 saturated carbocycles. The van der Waals surface area contributed by atoms with Crippen molar-refractivity contribution in [1.29, 1.82) is 0 Å². The maximum absolute atomic E-state index is 10.7. The van der Waals surface area contributed by atoms with E-state index in [1.807, 2.05) is 14.1 Å². The molecule has 3 N–H and O–H groups in total. The molecule has 0 saturated heterocycles. The summed E-state index contributed by atoms with van der Waals surface area (Å²) >= 11 is 0. The van der Waals surface area contributed by atoms with E-state index in [1.165, 1.54) is 0 Å². The molecular formula is C9H20N2O2. The molecule has 4 nitrogen and oxygen atoms in total. The molecule has 0 aromatic carbocycles. The van der Waals surface area contributed by atoms with Gasteiger partial charge in [0.2, 0.25) is 0 Å². The quantitative estimate of drug-likeness (QED) is 0.378. The molecule has 0 radical (unpaired) electrons. The predicted octanol–water partition coefficient (Wildman–Crippen LogP) is 0.290. The molecule has 0 aromatic rings. The summed E-state index contributed by atoms with van der Waals surface area (Å²) in [5.74, 6) is -0.339. The number of nitrogens with two attached hydrogens (primary N) is 1. The summed E-state index contributed by atoms with van der Waals surface area (Å²) in [6.45, 7) is 5.98. The summed E-state index contributed by atoms with van der Waals surface area (Å²) in [4.78, 5) is 10.7. The number of hydrogen-bond acceptors (Lipinski definition) is 4. The molecule has 0 aliphatic heterocycles. The van der Waals surface area contributed by atoms with E-state index in [9.17, 15) is 4.79 Å². The first-order valence-electron chi connectivity index (χ1n) is 4.21. The second-order valence-electron chi connectivity index (χ2n) is 2.56. The van der Waals surface area contributed by atoms with Crippen LogP contribution in [-0.2, 0) is 9.53 Å². The number of ether oxygens (including phenoxy) is 1. The summed E-state index contributed by atoms with van der Waals surface area (Å²) in [6, 6.07) is 0. The highest BCUT2D eigenvalue weighted by atomic mass is 16.5. The van der Waals surface area contributed by atoms with Crippen LogP contribution in [0.25, 0.3) is 0 Å². The smallest absolute Gasteiger partial charge is 0.333 e. The third-order valence-electron chi connectivity index (χ3n) is 0.930. The zero-order chi connectivity index (χ0) is 10.7. The average molecular weight is 188 g/mol. The van der Waals surface area contributed by atoms with Gasteiger partial charge in [-0.1, -0.05) is 6.58 Å². The molecule has 0 heterocycles. The highest BCUT2D eigenvalue weighted by molar-refractivity contribution is 5.86. The van der Waals surface area contributed by atoms with E-state index < -0.39 is 0 Å². The minimum Gasteiger partial charge on any atom is -0.462 e. The van der Waals surface area contributed by atoms with E-state index in [2.05, 4.69) is 11.9 Å². The summed E-state index contributed by atoms with van der Waals surface area (Å²) in [7, 11) is 3.75. The maximum atomic E-state index is 10.7. The van der Waals surface area contributed by atoms with Crippen LogP contribution in [-0.4, -0.2) is 33.2 Å². The maximum Gasteiger partial charge on any atom is 0.333 e. The van der Waals surface area contributed by atoms with Crippen LogP contribution in [0.4, 0.5) is 0 Å². The van der Waals surface area contributed by atoms with Gasteiger partial charge >= 0.3 is 5.97 Å². The van der Waals surface area contributed by atoms with Crippen LogP contribution in [0.5, 0.6) is 0 Å². The van der Waals surface area contributed by atoms with Gasteiger partial charge in [0.15, 0.2) is 0 Å². The van der Waals surface area contributed by atoms with Crippen LogP contribution in [0.15, 0.2) is 12.2 Å². The molecular weight excluding hydrogens is 168 g/mol. The lowest BCUT2D eigenvalue weighted by atomic mass is 10.4. The van der Waals surface area contributed by atoms with Crippen molar-refractivity contribution in [2.24, 2.45) is 5.73 Å². The van der Waals surface area contributed by atoms with E-state index >= 15 is 0 Å². The second kappa shape index (κ2) is 11.1. The Balaban J connectivity index is 0. The van der Waals surface area contributed by atoms with Crippen LogP contribution < -0.4 is 11.1 Å². The van der Waals surface area contributed by atoms with Gasteiger partial charge < -0.3 is 15.8 Å². The van der Waals surface area contributed by atoms with Gasteiger partial charge in [-0.25, -0.2) is 4.79 Å². The van der Waals surface area contributed by atoms with Crippen LogP contribution in [0.1, 0.15) is 13.3 Å². The lowest BCUT2D eigenvalue weighted by Crippen LogP contribution is -2.09. The molecule has 0 atom stereocenters. The van der Waals surface area contributed by atoms with Gasteiger partial charge in [0.1, 0.15) is 0 Å². The molecule has 13 heavy (non-hydrogen) atoms. The first kappa shape index (κ1) is 14.6. The van der Waals surface area contributed by atoms with Crippen molar-refractivity contribution < 1.29 is 9.53 Å². The molecule has 0 amide bonds. The summed E-state index contributed by atoms with van der Waals surface area (Å²) in [5, 5.41) is 2.75. The summed E-state index contributed by atoms with van der Waals surface area (Å²) in [5.41, 5.74) is 5.60. The second-order valence-corrected chi connectivity index (χ2v) is 2.56. The standard InChI is InChI=1S/C7H13NO2.C2H7N/c1-6(2)7(9)10-5-3-4-8;1-3-2/h1,3-5,8H2,2H3;3H,1-2H3. The van der Waals surface area contributed by atoms with Crippen molar-refractivity contribution >= 4 is 5.97 Å². The van der Waals surface area contributed by atoms with Crippen molar-refractivity contribution in [3.8, 4) is 0 Å². The van der Waals surface area contributed by atoms with Gasteiger partial charge in [-0.05, 0) is 34.0 Å². The van der Waals surface area contributed by atoms with E-state index in [4.69, 9.17) is 10.5 Å². The SMILES string of the molecule is C=C(C)C(=O)OCCCN.CNC. The number of carbonyl (C=O) groups excluding carboxylic acids is 1. The van der Waals surface area contributed by atoms with Crippen molar-refractivity contribution in [2.45, 2.75) is 13.3 Å². The lowest BCUT2D eigenvalue weighted by molar-refractivity contribution is -0.138. The summed E-state index contributed by atoms with van der Waals surface area (Å²) in [6.07, 6.45) is 0.707. The number of nitrogens with one attached hydrogen (secondary N) is 1. The Labute approximate surface area is 80.1 Å². The first-order chi connectivity index (χ1) is 6.09. The Bertz CT molecular complexity index is 147. The van der Waals surface area contributed by atoms with Gasteiger partial charge in [0.25, 0.3) is 0 Å². The first-order valence-corrected chi connectivity index (χ1v) is 4.21. The number of hydrogen-bond donors (Lipinski definition) is 2. The zero-order valence-electron chi connectivity index (χ0n) is 8.72. The fraction of sp³-hybridized carbons (Fsp3) is 0.667.